The number of nitrogens with zero attached hydrogens (tertiary/aromatic N) is 1. The van der Waals surface area contributed by atoms with Gasteiger partial charge < -0.3 is 10.2 Å². The molecule has 1 heterocycles. The molecular weight excluding hydrogens is 503 g/mol. The van der Waals surface area contributed by atoms with Crippen molar-refractivity contribution in [3.05, 3.63) is 143 Å². The van der Waals surface area contributed by atoms with E-state index in [1.807, 2.05) is 85.8 Å². The third kappa shape index (κ3) is 5.30. The van der Waals surface area contributed by atoms with Gasteiger partial charge in [0.05, 0.1) is 12.0 Å². The van der Waals surface area contributed by atoms with E-state index < -0.39 is 35.6 Å². The van der Waals surface area contributed by atoms with Crippen LogP contribution in [0, 0.1) is 11.7 Å². The highest BCUT2D eigenvalue weighted by Crippen LogP contribution is 2.51. The van der Waals surface area contributed by atoms with Gasteiger partial charge in [0, 0.05) is 23.6 Å². The quantitative estimate of drug-likeness (QED) is 0.274. The Morgan fingerprint density at radius 2 is 1.27 bits per heavy atom. The number of Topliss-reactive ketones (excluding diaryl/α,β-unsaturated/α-hetero) is 1. The number of nitrogens with one attached hydrogen (secondary N) is 1. The smallest absolute Gasteiger partial charge is 0.255 e. The van der Waals surface area contributed by atoms with Gasteiger partial charge in [-0.3, -0.25) is 14.4 Å². The maximum absolute atomic E-state index is 14.4. The van der Waals surface area contributed by atoms with Gasteiger partial charge in [0.15, 0.2) is 5.78 Å². The lowest BCUT2D eigenvalue weighted by Crippen LogP contribution is -2.48. The third-order valence-electron chi connectivity index (χ3n) is 7.50. The summed E-state index contributed by atoms with van der Waals surface area (Å²) in [5.74, 6) is -2.75. The normalized spacial score (nSPS) is 20.2. The van der Waals surface area contributed by atoms with Gasteiger partial charge in [-0.15, -0.1) is 0 Å². The lowest BCUT2D eigenvalue weighted by molar-refractivity contribution is -0.125. The highest BCUT2D eigenvalue weighted by atomic mass is 19.1. The minimum atomic E-state index is -0.977. The van der Waals surface area contributed by atoms with Crippen molar-refractivity contribution in [2.24, 2.45) is 5.92 Å². The number of amides is 2. The van der Waals surface area contributed by atoms with E-state index in [9.17, 15) is 18.8 Å². The second kappa shape index (κ2) is 12.1. The molecule has 1 aliphatic rings. The predicted octanol–water partition coefficient (Wildman–Crippen LogP) is 6.20. The fourth-order valence-electron chi connectivity index (χ4n) is 5.73. The second-order valence-electron chi connectivity index (χ2n) is 10.0. The average molecular weight is 535 g/mol. The summed E-state index contributed by atoms with van der Waals surface area (Å²) in [6, 6.07) is 31.4. The summed E-state index contributed by atoms with van der Waals surface area (Å²) in [5.41, 5.74) is 2.30. The van der Waals surface area contributed by atoms with E-state index in [0.29, 0.717) is 12.1 Å². The second-order valence-corrected chi connectivity index (χ2v) is 10.0. The molecule has 1 saturated heterocycles. The van der Waals surface area contributed by atoms with Gasteiger partial charge >= 0.3 is 0 Å². The summed E-state index contributed by atoms with van der Waals surface area (Å²) in [7, 11) is 0. The molecule has 4 aromatic carbocycles. The number of likely N-dealkylation sites (tertiary alicyclic amines) is 1. The maximum Gasteiger partial charge on any atom is 0.255 e. The number of benzene rings is 4. The van der Waals surface area contributed by atoms with Crippen LogP contribution in [0.2, 0.25) is 0 Å². The molecule has 0 bridgehead atoms. The van der Waals surface area contributed by atoms with Crippen molar-refractivity contribution < 1.29 is 18.8 Å². The summed E-state index contributed by atoms with van der Waals surface area (Å²) in [5, 5.41) is 2.99. The van der Waals surface area contributed by atoms with E-state index >= 15 is 0 Å². The molecule has 4 aromatic rings. The first-order valence-electron chi connectivity index (χ1n) is 13.6. The lowest BCUT2D eigenvalue weighted by Gasteiger charge is -2.31. The molecule has 6 heteroatoms. The molecular formula is C34H31FN2O3. The van der Waals surface area contributed by atoms with Crippen molar-refractivity contribution in [1.29, 1.82) is 0 Å². The Morgan fingerprint density at radius 3 is 1.85 bits per heavy atom. The molecule has 40 heavy (non-hydrogen) atoms. The van der Waals surface area contributed by atoms with Crippen LogP contribution in [0.1, 0.15) is 57.1 Å². The zero-order valence-electron chi connectivity index (χ0n) is 22.2. The highest BCUT2D eigenvalue weighted by molar-refractivity contribution is 6.04. The zero-order valence-corrected chi connectivity index (χ0v) is 22.2. The molecule has 2 amide bonds. The van der Waals surface area contributed by atoms with Crippen molar-refractivity contribution in [2.75, 3.05) is 6.54 Å². The molecule has 4 unspecified atom stereocenters. The number of carbonyl (C=O) groups is 3. The molecule has 202 valence electrons. The van der Waals surface area contributed by atoms with Crippen LogP contribution in [0.25, 0.3) is 0 Å². The molecule has 0 aliphatic carbocycles. The minimum Gasteiger partial charge on any atom is -0.354 e. The van der Waals surface area contributed by atoms with E-state index in [1.54, 1.807) is 17.0 Å². The largest absolute Gasteiger partial charge is 0.354 e. The van der Waals surface area contributed by atoms with Crippen LogP contribution in [0.5, 0.6) is 0 Å². The van der Waals surface area contributed by atoms with Gasteiger partial charge in [-0.1, -0.05) is 97.9 Å². The van der Waals surface area contributed by atoms with Crippen LogP contribution >= 0.6 is 0 Å². The van der Waals surface area contributed by atoms with Crippen molar-refractivity contribution in [3.8, 4) is 0 Å². The van der Waals surface area contributed by atoms with Gasteiger partial charge in [0.2, 0.25) is 5.91 Å². The fraction of sp³-hybridized carbons (Fsp3) is 0.206. The predicted molar refractivity (Wildman–Crippen MR) is 152 cm³/mol. The van der Waals surface area contributed by atoms with Crippen LogP contribution in [0.15, 0.2) is 115 Å². The van der Waals surface area contributed by atoms with Crippen molar-refractivity contribution >= 4 is 17.6 Å². The summed E-state index contributed by atoms with van der Waals surface area (Å²) < 4.78 is 13.8. The molecule has 5 rings (SSSR count). The standard InChI is InChI=1S/C34H31FN2O3/c1-2-22-36-33(39)31-28(23-12-6-3-7-13-23)29(32(38)25-16-10-5-11-17-25)30(24-14-8-4-9-15-24)37(31)34(40)26-18-20-27(35)21-19-26/h3-21,28-31H,2,22H2,1H3,(H,36,39). The van der Waals surface area contributed by atoms with Crippen molar-refractivity contribution in [3.63, 3.8) is 0 Å². The summed E-state index contributed by atoms with van der Waals surface area (Å²) in [4.78, 5) is 44.3. The van der Waals surface area contributed by atoms with Crippen LogP contribution in [-0.4, -0.2) is 35.1 Å². The third-order valence-corrected chi connectivity index (χ3v) is 7.50. The molecule has 1 fully saturated rings. The van der Waals surface area contributed by atoms with E-state index in [2.05, 4.69) is 5.32 Å². The van der Waals surface area contributed by atoms with Gasteiger partial charge in [0.1, 0.15) is 11.9 Å². The molecule has 0 radical (unpaired) electrons. The van der Waals surface area contributed by atoms with Gasteiger partial charge in [-0.2, -0.15) is 0 Å². The summed E-state index contributed by atoms with van der Waals surface area (Å²) >= 11 is 0. The van der Waals surface area contributed by atoms with Gasteiger partial charge in [-0.25, -0.2) is 4.39 Å². The maximum atomic E-state index is 14.4. The van der Waals surface area contributed by atoms with Crippen molar-refractivity contribution in [2.45, 2.75) is 31.3 Å². The molecule has 0 saturated carbocycles. The zero-order chi connectivity index (χ0) is 28.1. The first-order valence-corrected chi connectivity index (χ1v) is 13.6. The molecule has 1 N–H and O–H groups in total. The Morgan fingerprint density at radius 1 is 0.725 bits per heavy atom. The Labute approximate surface area is 233 Å². The molecule has 4 atom stereocenters. The highest BCUT2D eigenvalue weighted by Gasteiger charge is 2.57. The lowest BCUT2D eigenvalue weighted by atomic mass is 9.76. The Balaban J connectivity index is 1.76. The SMILES string of the molecule is CCCNC(=O)C1C(c2ccccc2)C(C(=O)c2ccccc2)C(c2ccccc2)N1C(=O)c1ccc(F)cc1. The summed E-state index contributed by atoms with van der Waals surface area (Å²) in [6.07, 6.45) is 0.717. The number of hydrogen-bond acceptors (Lipinski definition) is 3. The topological polar surface area (TPSA) is 66.5 Å². The fourth-order valence-corrected chi connectivity index (χ4v) is 5.73. The van der Waals surface area contributed by atoms with Crippen LogP contribution in [-0.2, 0) is 4.79 Å². The van der Waals surface area contributed by atoms with E-state index in [0.717, 1.165) is 17.5 Å². The van der Waals surface area contributed by atoms with E-state index in [4.69, 9.17) is 0 Å². The van der Waals surface area contributed by atoms with Crippen molar-refractivity contribution in [1.82, 2.24) is 10.2 Å². The number of ketones is 1. The Bertz CT molecular complexity index is 1460. The monoisotopic (exact) mass is 534 g/mol. The minimum absolute atomic E-state index is 0.147. The first kappa shape index (κ1) is 27.0. The number of halogens is 1. The molecule has 0 spiro atoms. The molecule has 0 aromatic heterocycles. The first-order chi connectivity index (χ1) is 19.5. The van der Waals surface area contributed by atoms with E-state index in [1.165, 1.54) is 24.3 Å². The molecule has 1 aliphatic heterocycles. The van der Waals surface area contributed by atoms with Crippen LogP contribution in [0.3, 0.4) is 0 Å². The average Bonchev–Trinajstić information content (AvgIpc) is 3.37. The van der Waals surface area contributed by atoms with E-state index in [-0.39, 0.29) is 17.3 Å². The van der Waals surface area contributed by atoms with Gasteiger partial charge in [0.25, 0.3) is 5.91 Å². The Kier molecular flexibility index (Phi) is 8.15. The molecule has 5 nitrogen and oxygen atoms in total. The summed E-state index contributed by atoms with van der Waals surface area (Å²) in [6.45, 7) is 2.39. The number of carbonyl (C=O) groups excluding carboxylic acids is 3. The number of rotatable bonds is 8. The number of hydrogen-bond donors (Lipinski definition) is 1. The van der Waals surface area contributed by atoms with Crippen LogP contribution in [0.4, 0.5) is 4.39 Å². The Hall–Kier alpha value is -4.58. The van der Waals surface area contributed by atoms with Crippen LogP contribution < -0.4 is 5.32 Å². The van der Waals surface area contributed by atoms with Gasteiger partial charge in [-0.05, 0) is 41.8 Å².